The molecule has 0 radical (unpaired) electrons. The van der Waals surface area contributed by atoms with Crippen molar-refractivity contribution in [1.29, 1.82) is 0 Å². The van der Waals surface area contributed by atoms with Gasteiger partial charge < -0.3 is 9.30 Å². The van der Waals surface area contributed by atoms with Crippen LogP contribution >= 0.6 is 11.6 Å². The van der Waals surface area contributed by atoms with Crippen LogP contribution in [-0.4, -0.2) is 21.6 Å². The molecule has 0 saturated carbocycles. The molecule has 0 spiro atoms. The smallest absolute Gasteiger partial charge is 0.215 e. The Bertz CT molecular complexity index is 549. The molecule has 0 atom stereocenters. The Morgan fingerprint density at radius 2 is 2.00 bits per heavy atom. The minimum atomic E-state index is 0.402. The van der Waals surface area contributed by atoms with E-state index in [1.807, 2.05) is 12.1 Å². The quantitative estimate of drug-likeness (QED) is 0.759. The van der Waals surface area contributed by atoms with E-state index in [1.54, 1.807) is 7.11 Å². The summed E-state index contributed by atoms with van der Waals surface area (Å²) in [5, 5.41) is 0. The van der Waals surface area contributed by atoms with Crippen molar-refractivity contribution in [2.24, 2.45) is 5.92 Å². The van der Waals surface area contributed by atoms with E-state index in [9.17, 15) is 0 Å². The van der Waals surface area contributed by atoms with Gasteiger partial charge in [-0.3, -0.25) is 0 Å². The van der Waals surface area contributed by atoms with Gasteiger partial charge in [0.1, 0.15) is 11.3 Å². The number of alkyl halides is 1. The number of hydrogen-bond acceptors (Lipinski definition) is 3. The van der Waals surface area contributed by atoms with Gasteiger partial charge >= 0.3 is 0 Å². The number of ether oxygens (including phenoxy) is 1. The van der Waals surface area contributed by atoms with E-state index in [0.29, 0.717) is 17.7 Å². The highest BCUT2D eigenvalue weighted by Gasteiger charge is 2.15. The Morgan fingerprint density at radius 1 is 1.26 bits per heavy atom. The number of nitrogens with zero attached hydrogens (tertiary/aromatic N) is 3. The second-order valence-electron chi connectivity index (χ2n) is 4.65. The van der Waals surface area contributed by atoms with Crippen LogP contribution in [-0.2, 0) is 12.4 Å². The molecule has 0 N–H and O–H groups in total. The summed E-state index contributed by atoms with van der Waals surface area (Å²) in [5.74, 6) is 2.51. The highest BCUT2D eigenvalue weighted by atomic mass is 35.5. The predicted octanol–water partition coefficient (Wildman–Crippen LogP) is 3.61. The lowest BCUT2D eigenvalue weighted by molar-refractivity contribution is 0.395. The molecule has 0 aliphatic carbocycles. The van der Waals surface area contributed by atoms with E-state index in [-0.39, 0.29) is 0 Å². The fraction of sp³-hybridized carbons (Fsp3) is 0.571. The fourth-order valence-corrected chi connectivity index (χ4v) is 2.45. The molecule has 0 aliphatic heterocycles. The molecule has 2 aromatic rings. The highest BCUT2D eigenvalue weighted by molar-refractivity contribution is 6.16. The maximum Gasteiger partial charge on any atom is 0.215 e. The molecule has 4 nitrogen and oxygen atoms in total. The Hall–Kier alpha value is -1.29. The number of fused-ring (bicyclic) bond motifs is 1. The van der Waals surface area contributed by atoms with E-state index in [0.717, 1.165) is 36.4 Å². The number of rotatable bonds is 6. The minimum absolute atomic E-state index is 0.402. The lowest BCUT2D eigenvalue weighted by Gasteiger charge is -2.15. The average molecular weight is 282 g/mol. The summed E-state index contributed by atoms with van der Waals surface area (Å²) >= 11 is 6.00. The van der Waals surface area contributed by atoms with Crippen LogP contribution in [0, 0.1) is 5.92 Å². The van der Waals surface area contributed by atoms with Crippen LogP contribution in [0.1, 0.15) is 32.5 Å². The van der Waals surface area contributed by atoms with Crippen molar-refractivity contribution in [2.75, 3.05) is 7.11 Å². The van der Waals surface area contributed by atoms with Gasteiger partial charge in [-0.2, -0.15) is 4.98 Å². The number of pyridine rings is 1. The molecule has 0 saturated heterocycles. The molecular weight excluding hydrogens is 262 g/mol. The number of imidazole rings is 1. The third-order valence-electron chi connectivity index (χ3n) is 3.57. The maximum absolute atomic E-state index is 6.00. The third-order valence-corrected chi connectivity index (χ3v) is 3.81. The van der Waals surface area contributed by atoms with Crippen molar-refractivity contribution in [3.8, 4) is 5.88 Å². The first-order chi connectivity index (χ1) is 9.23. The zero-order valence-electron chi connectivity index (χ0n) is 11.7. The van der Waals surface area contributed by atoms with E-state index in [4.69, 9.17) is 16.3 Å². The molecule has 0 amide bonds. The lowest BCUT2D eigenvalue weighted by atomic mass is 10.0. The molecule has 0 aromatic carbocycles. The second kappa shape index (κ2) is 6.24. The van der Waals surface area contributed by atoms with Crippen molar-refractivity contribution < 1.29 is 4.74 Å². The van der Waals surface area contributed by atoms with Crippen LogP contribution in [0.25, 0.3) is 11.2 Å². The summed E-state index contributed by atoms with van der Waals surface area (Å²) in [7, 11) is 1.62. The SMILES string of the molecule is CCC(CC)Cn1c(CCl)nc2ccc(OC)nc21. The maximum atomic E-state index is 6.00. The second-order valence-corrected chi connectivity index (χ2v) is 4.92. The molecule has 0 bridgehead atoms. The van der Waals surface area contributed by atoms with Crippen molar-refractivity contribution in [3.63, 3.8) is 0 Å². The predicted molar refractivity (Wildman–Crippen MR) is 77.7 cm³/mol. The molecular formula is C14H20ClN3O. The van der Waals surface area contributed by atoms with Gasteiger partial charge in [0, 0.05) is 12.6 Å². The summed E-state index contributed by atoms with van der Waals surface area (Å²) in [6, 6.07) is 3.76. The molecule has 2 aromatic heterocycles. The van der Waals surface area contributed by atoms with Crippen molar-refractivity contribution >= 4 is 22.8 Å². The topological polar surface area (TPSA) is 39.9 Å². The van der Waals surface area contributed by atoms with Gasteiger partial charge in [0.2, 0.25) is 5.88 Å². The van der Waals surface area contributed by atoms with Crippen LogP contribution in [0.2, 0.25) is 0 Å². The molecule has 0 unspecified atom stereocenters. The molecule has 5 heteroatoms. The van der Waals surface area contributed by atoms with E-state index in [2.05, 4.69) is 28.4 Å². The average Bonchev–Trinajstić information content (AvgIpc) is 2.81. The molecule has 2 rings (SSSR count). The monoisotopic (exact) mass is 281 g/mol. The van der Waals surface area contributed by atoms with Gasteiger partial charge in [0.05, 0.1) is 13.0 Å². The van der Waals surface area contributed by atoms with Crippen LogP contribution < -0.4 is 4.74 Å². The summed E-state index contributed by atoms with van der Waals surface area (Å²) in [6.07, 6.45) is 2.28. The van der Waals surface area contributed by atoms with Gasteiger partial charge in [-0.05, 0) is 12.0 Å². The molecule has 104 valence electrons. The highest BCUT2D eigenvalue weighted by Crippen LogP contribution is 2.22. The van der Waals surface area contributed by atoms with Crippen LogP contribution in [0.3, 0.4) is 0 Å². The standard InChI is InChI=1S/C14H20ClN3O/c1-4-10(5-2)9-18-12(8-15)16-11-6-7-13(19-3)17-14(11)18/h6-7,10H,4-5,8-9H2,1-3H3. The summed E-state index contributed by atoms with van der Waals surface area (Å²) in [6.45, 7) is 5.33. The van der Waals surface area contributed by atoms with Gasteiger partial charge in [-0.15, -0.1) is 11.6 Å². The number of halogens is 1. The minimum Gasteiger partial charge on any atom is -0.481 e. The summed E-state index contributed by atoms with van der Waals surface area (Å²) in [5.41, 5.74) is 1.74. The first-order valence-electron chi connectivity index (χ1n) is 6.69. The zero-order valence-corrected chi connectivity index (χ0v) is 12.4. The zero-order chi connectivity index (χ0) is 13.8. The van der Waals surface area contributed by atoms with Gasteiger partial charge in [0.25, 0.3) is 0 Å². The Morgan fingerprint density at radius 3 is 2.58 bits per heavy atom. The number of aromatic nitrogens is 3. The summed E-state index contributed by atoms with van der Waals surface area (Å²) in [4.78, 5) is 9.04. The summed E-state index contributed by atoms with van der Waals surface area (Å²) < 4.78 is 7.32. The van der Waals surface area contributed by atoms with E-state index >= 15 is 0 Å². The molecule has 19 heavy (non-hydrogen) atoms. The van der Waals surface area contributed by atoms with Crippen molar-refractivity contribution in [2.45, 2.75) is 39.1 Å². The molecule has 0 aliphatic rings. The Balaban J connectivity index is 2.48. The number of hydrogen-bond donors (Lipinski definition) is 0. The van der Waals surface area contributed by atoms with E-state index < -0.39 is 0 Å². The van der Waals surface area contributed by atoms with Gasteiger partial charge in [-0.1, -0.05) is 26.7 Å². The molecule has 2 heterocycles. The van der Waals surface area contributed by atoms with Crippen LogP contribution in [0.4, 0.5) is 0 Å². The first-order valence-corrected chi connectivity index (χ1v) is 7.23. The molecule has 0 fully saturated rings. The Kier molecular flexibility index (Phi) is 4.64. The first kappa shape index (κ1) is 14.1. The van der Waals surface area contributed by atoms with Crippen molar-refractivity contribution in [3.05, 3.63) is 18.0 Å². The third kappa shape index (κ3) is 2.84. The van der Waals surface area contributed by atoms with Crippen molar-refractivity contribution in [1.82, 2.24) is 14.5 Å². The largest absolute Gasteiger partial charge is 0.481 e. The Labute approximate surface area is 118 Å². The van der Waals surface area contributed by atoms with E-state index in [1.165, 1.54) is 0 Å². The van der Waals surface area contributed by atoms with Crippen LogP contribution in [0.5, 0.6) is 5.88 Å². The lowest BCUT2D eigenvalue weighted by Crippen LogP contribution is -2.12. The van der Waals surface area contributed by atoms with Crippen LogP contribution in [0.15, 0.2) is 12.1 Å². The van der Waals surface area contributed by atoms with Gasteiger partial charge in [-0.25, -0.2) is 4.98 Å². The normalized spacial score (nSPS) is 11.4. The van der Waals surface area contributed by atoms with Gasteiger partial charge in [0.15, 0.2) is 5.65 Å². The number of methoxy groups -OCH3 is 1. The fourth-order valence-electron chi connectivity index (χ4n) is 2.24.